The van der Waals surface area contributed by atoms with Crippen LogP contribution in [0.1, 0.15) is 13.8 Å². The summed E-state index contributed by atoms with van der Waals surface area (Å²) in [4.78, 5) is 11.1. The molecule has 0 aromatic carbocycles. The molecule has 1 saturated carbocycles. The van der Waals surface area contributed by atoms with Gasteiger partial charge < -0.3 is 24.6 Å². The number of hydrogen-bond donors (Lipinski definition) is 2. The first kappa shape index (κ1) is 12.5. The number of amides is 1. The first-order valence-electron chi connectivity index (χ1n) is 5.38. The fourth-order valence-corrected chi connectivity index (χ4v) is 2.29. The Bertz CT molecular complexity index is 324. The van der Waals surface area contributed by atoms with Gasteiger partial charge in [-0.2, -0.15) is 0 Å². The fourth-order valence-electron chi connectivity index (χ4n) is 2.29. The highest BCUT2D eigenvalue weighted by atomic mass is 19.1. The first-order chi connectivity index (χ1) is 7.85. The molecular formula is C10H16FNO5. The predicted octanol–water partition coefficient (Wildman–Crippen LogP) is -0.0563. The number of alkyl carbamates (subject to hydrolysis) is 1. The van der Waals surface area contributed by atoms with Crippen LogP contribution in [0.3, 0.4) is 0 Å². The van der Waals surface area contributed by atoms with Gasteiger partial charge in [0, 0.05) is 0 Å². The van der Waals surface area contributed by atoms with Crippen molar-refractivity contribution in [3.8, 4) is 0 Å². The first-order valence-corrected chi connectivity index (χ1v) is 5.38. The Morgan fingerprint density at radius 3 is 2.59 bits per heavy atom. The molecule has 0 aromatic rings. The summed E-state index contributed by atoms with van der Waals surface area (Å²) in [5.41, 5.74) is 0. The molecule has 5 atom stereocenters. The second kappa shape index (κ2) is 4.08. The van der Waals surface area contributed by atoms with Gasteiger partial charge in [-0.05, 0) is 13.8 Å². The highest BCUT2D eigenvalue weighted by molar-refractivity contribution is 5.67. The number of rotatable bonds is 1. The third kappa shape index (κ3) is 2.10. The van der Waals surface area contributed by atoms with Crippen molar-refractivity contribution in [1.29, 1.82) is 0 Å². The standard InChI is InChI=1S/C10H16FNO5/c1-10(2)16-7-5(12-9(14)15-3)4(11)6(13)8(7)17-10/h4-8,13H,1-3H3,(H,12,14)/t4-,5+,6-,7-,8+/m0/s1. The average molecular weight is 249 g/mol. The number of ether oxygens (including phenoxy) is 3. The third-order valence-corrected chi connectivity index (χ3v) is 2.99. The van der Waals surface area contributed by atoms with Gasteiger partial charge in [-0.25, -0.2) is 9.18 Å². The van der Waals surface area contributed by atoms with Gasteiger partial charge >= 0.3 is 6.09 Å². The maximum atomic E-state index is 13.8. The number of halogens is 1. The number of fused-ring (bicyclic) bond motifs is 1. The van der Waals surface area contributed by atoms with Crippen molar-refractivity contribution in [2.45, 2.75) is 50.2 Å². The highest BCUT2D eigenvalue weighted by Gasteiger charge is 2.59. The summed E-state index contributed by atoms with van der Waals surface area (Å²) in [5.74, 6) is -0.896. The van der Waals surface area contributed by atoms with Gasteiger partial charge in [-0.1, -0.05) is 0 Å². The van der Waals surface area contributed by atoms with E-state index in [1.807, 2.05) is 0 Å². The van der Waals surface area contributed by atoms with E-state index in [9.17, 15) is 14.3 Å². The van der Waals surface area contributed by atoms with E-state index in [2.05, 4.69) is 10.1 Å². The molecule has 0 aromatic heterocycles. The maximum absolute atomic E-state index is 13.8. The van der Waals surface area contributed by atoms with Gasteiger partial charge in [0.25, 0.3) is 0 Å². The van der Waals surface area contributed by atoms with E-state index >= 15 is 0 Å². The minimum Gasteiger partial charge on any atom is -0.453 e. The summed E-state index contributed by atoms with van der Waals surface area (Å²) in [6.07, 6.45) is -5.21. The van der Waals surface area contributed by atoms with E-state index in [-0.39, 0.29) is 0 Å². The molecule has 1 aliphatic carbocycles. The SMILES string of the molecule is COC(=O)N[C@@H]1[C@H](F)[C@H](O)[C@H]2OC(C)(C)O[C@@H]12. The van der Waals surface area contributed by atoms with Crippen molar-refractivity contribution in [2.75, 3.05) is 7.11 Å². The molecule has 1 heterocycles. The van der Waals surface area contributed by atoms with Crippen LogP contribution in [0.2, 0.25) is 0 Å². The van der Waals surface area contributed by atoms with Crippen molar-refractivity contribution < 1.29 is 28.5 Å². The number of hydrogen-bond acceptors (Lipinski definition) is 5. The lowest BCUT2D eigenvalue weighted by Gasteiger charge is -2.24. The molecule has 7 heteroatoms. The number of carbonyl (C=O) groups excluding carboxylic acids is 1. The molecule has 2 N–H and O–H groups in total. The number of aliphatic hydroxyl groups excluding tert-OH is 1. The molecule has 2 aliphatic rings. The fraction of sp³-hybridized carbons (Fsp3) is 0.900. The molecule has 2 rings (SSSR count). The molecule has 1 saturated heterocycles. The molecule has 1 amide bonds. The summed E-state index contributed by atoms with van der Waals surface area (Å²) in [6, 6.07) is -0.968. The number of aliphatic hydroxyl groups is 1. The minimum atomic E-state index is -1.64. The Kier molecular flexibility index (Phi) is 3.01. The smallest absolute Gasteiger partial charge is 0.407 e. The molecule has 6 nitrogen and oxygen atoms in total. The molecule has 1 aliphatic heterocycles. The topological polar surface area (TPSA) is 77.0 Å². The van der Waals surface area contributed by atoms with Crippen molar-refractivity contribution in [2.24, 2.45) is 0 Å². The van der Waals surface area contributed by atoms with Crippen LogP contribution >= 0.6 is 0 Å². The van der Waals surface area contributed by atoms with E-state index in [0.29, 0.717) is 0 Å². The number of carbonyl (C=O) groups is 1. The number of alkyl halides is 1. The van der Waals surface area contributed by atoms with Gasteiger partial charge in [0.15, 0.2) is 12.0 Å². The second-order valence-electron chi connectivity index (χ2n) is 4.66. The Morgan fingerprint density at radius 2 is 2.00 bits per heavy atom. The van der Waals surface area contributed by atoms with Crippen LogP contribution in [-0.4, -0.2) is 54.6 Å². The van der Waals surface area contributed by atoms with Crippen molar-refractivity contribution >= 4 is 6.09 Å². The quantitative estimate of drug-likeness (QED) is 0.681. The number of methoxy groups -OCH3 is 1. The molecule has 17 heavy (non-hydrogen) atoms. The maximum Gasteiger partial charge on any atom is 0.407 e. The van der Waals surface area contributed by atoms with E-state index < -0.39 is 42.4 Å². The normalized spacial score (nSPS) is 43.2. The van der Waals surface area contributed by atoms with Crippen LogP contribution in [0.25, 0.3) is 0 Å². The van der Waals surface area contributed by atoms with Crippen molar-refractivity contribution in [3.63, 3.8) is 0 Å². The van der Waals surface area contributed by atoms with E-state index in [1.165, 1.54) is 7.11 Å². The lowest BCUT2D eigenvalue weighted by molar-refractivity contribution is -0.171. The largest absolute Gasteiger partial charge is 0.453 e. The lowest BCUT2D eigenvalue weighted by Crippen LogP contribution is -2.47. The van der Waals surface area contributed by atoms with Crippen LogP contribution in [0.4, 0.5) is 9.18 Å². The molecule has 0 spiro atoms. The van der Waals surface area contributed by atoms with Crippen molar-refractivity contribution in [1.82, 2.24) is 5.32 Å². The van der Waals surface area contributed by atoms with E-state index in [4.69, 9.17) is 9.47 Å². The van der Waals surface area contributed by atoms with Crippen LogP contribution < -0.4 is 5.32 Å². The second-order valence-corrected chi connectivity index (χ2v) is 4.66. The summed E-state index contributed by atoms with van der Waals surface area (Å²) in [6.45, 7) is 3.33. The zero-order valence-corrected chi connectivity index (χ0v) is 9.84. The van der Waals surface area contributed by atoms with Crippen LogP contribution in [0, 0.1) is 0 Å². The van der Waals surface area contributed by atoms with Crippen molar-refractivity contribution in [3.05, 3.63) is 0 Å². The Labute approximate surface area is 98.0 Å². The molecule has 0 radical (unpaired) electrons. The van der Waals surface area contributed by atoms with Gasteiger partial charge in [0.1, 0.15) is 18.3 Å². The summed E-state index contributed by atoms with van der Waals surface area (Å²) >= 11 is 0. The van der Waals surface area contributed by atoms with Crippen LogP contribution in [0.5, 0.6) is 0 Å². The zero-order valence-electron chi connectivity index (χ0n) is 9.84. The summed E-state index contributed by atoms with van der Waals surface area (Å²) in [5, 5.41) is 12.0. The summed E-state index contributed by atoms with van der Waals surface area (Å²) in [7, 11) is 1.18. The molecule has 0 unspecified atom stereocenters. The van der Waals surface area contributed by atoms with Gasteiger partial charge in [-0.15, -0.1) is 0 Å². The third-order valence-electron chi connectivity index (χ3n) is 2.99. The minimum absolute atomic E-state index is 0.714. The predicted molar refractivity (Wildman–Crippen MR) is 54.1 cm³/mol. The number of nitrogens with one attached hydrogen (secondary N) is 1. The lowest BCUT2D eigenvalue weighted by atomic mass is 10.2. The zero-order chi connectivity index (χ0) is 12.8. The van der Waals surface area contributed by atoms with E-state index in [0.717, 1.165) is 0 Å². The molecule has 0 bridgehead atoms. The van der Waals surface area contributed by atoms with Gasteiger partial charge in [-0.3, -0.25) is 0 Å². The van der Waals surface area contributed by atoms with Gasteiger partial charge in [0.05, 0.1) is 13.2 Å². The molecular weight excluding hydrogens is 233 g/mol. The Morgan fingerprint density at radius 1 is 1.41 bits per heavy atom. The Hall–Kier alpha value is -0.920. The van der Waals surface area contributed by atoms with Gasteiger partial charge in [0.2, 0.25) is 0 Å². The highest BCUT2D eigenvalue weighted by Crippen LogP contribution is 2.39. The van der Waals surface area contributed by atoms with E-state index in [1.54, 1.807) is 13.8 Å². The van der Waals surface area contributed by atoms with Crippen LogP contribution in [-0.2, 0) is 14.2 Å². The molecule has 2 fully saturated rings. The van der Waals surface area contributed by atoms with Crippen LogP contribution in [0.15, 0.2) is 0 Å². The molecule has 98 valence electrons. The monoisotopic (exact) mass is 249 g/mol. The Balaban J connectivity index is 2.13. The summed E-state index contributed by atoms with van der Waals surface area (Å²) < 4.78 is 29.0. The average Bonchev–Trinajstić information content (AvgIpc) is 2.67.